The molecule has 0 amide bonds. The molecule has 1 N–H and O–H groups in total. The first kappa shape index (κ1) is 20.4. The van der Waals surface area contributed by atoms with Crippen LogP contribution >= 0.6 is 11.9 Å². The van der Waals surface area contributed by atoms with Gasteiger partial charge in [-0.3, -0.25) is 0 Å². The summed E-state index contributed by atoms with van der Waals surface area (Å²) in [6.45, 7) is 1.76. The Labute approximate surface area is 172 Å². The van der Waals surface area contributed by atoms with E-state index in [-0.39, 0.29) is 5.82 Å². The minimum atomic E-state index is -4.40. The molecular weight excluding hydrogens is 400 g/mol. The van der Waals surface area contributed by atoms with Crippen molar-refractivity contribution in [2.75, 3.05) is 22.7 Å². The predicted octanol–water partition coefficient (Wildman–Crippen LogP) is 6.98. The minimum absolute atomic E-state index is 0.343. The second-order valence-corrected chi connectivity index (χ2v) is 8.81. The second-order valence-electron chi connectivity index (χ2n) is 7.93. The lowest BCUT2D eigenvalue weighted by atomic mass is 9.75. The van der Waals surface area contributed by atoms with Gasteiger partial charge >= 0.3 is 6.18 Å². The average molecular weight is 425 g/mol. The lowest BCUT2D eigenvalue weighted by Crippen LogP contribution is -2.42. The minimum Gasteiger partial charge on any atom is -0.370 e. The van der Waals surface area contributed by atoms with Gasteiger partial charge in [-0.05, 0) is 79.1 Å². The van der Waals surface area contributed by atoms with Crippen molar-refractivity contribution < 1.29 is 17.6 Å². The van der Waals surface area contributed by atoms with E-state index in [1.807, 2.05) is 0 Å². The molecule has 0 radical (unpaired) electrons. The first-order chi connectivity index (χ1) is 13.9. The van der Waals surface area contributed by atoms with E-state index in [2.05, 4.69) is 9.62 Å². The molecule has 2 fully saturated rings. The van der Waals surface area contributed by atoms with Crippen molar-refractivity contribution in [3.8, 4) is 0 Å². The summed E-state index contributed by atoms with van der Waals surface area (Å²) >= 11 is 1.19. The number of nitrogens with one attached hydrogen (secondary N) is 1. The third-order valence-electron chi connectivity index (χ3n) is 6.05. The van der Waals surface area contributed by atoms with Gasteiger partial charge in [-0.25, -0.2) is 4.39 Å². The molecule has 0 spiro atoms. The maximum Gasteiger partial charge on any atom is 0.416 e. The Morgan fingerprint density at radius 2 is 1.66 bits per heavy atom. The molecule has 7 heteroatoms. The normalized spacial score (nSPS) is 22.3. The van der Waals surface area contributed by atoms with Crippen molar-refractivity contribution in [1.29, 1.82) is 0 Å². The van der Waals surface area contributed by atoms with Crippen LogP contribution in [-0.2, 0) is 6.18 Å². The number of anilines is 2. The van der Waals surface area contributed by atoms with E-state index in [9.17, 15) is 17.6 Å². The van der Waals surface area contributed by atoms with Crippen molar-refractivity contribution in [3.63, 3.8) is 0 Å². The van der Waals surface area contributed by atoms with Crippen LogP contribution < -0.4 is 9.62 Å². The molecule has 0 aromatic heterocycles. The van der Waals surface area contributed by atoms with Gasteiger partial charge in [0.25, 0.3) is 0 Å². The fraction of sp³-hybridized carbons (Fsp3) is 0.455. The molecule has 1 saturated carbocycles. The molecule has 1 saturated heterocycles. The molecule has 4 rings (SSSR count). The molecule has 1 aliphatic heterocycles. The van der Waals surface area contributed by atoms with Crippen molar-refractivity contribution in [2.24, 2.45) is 11.8 Å². The van der Waals surface area contributed by atoms with Crippen LogP contribution in [0.1, 0.15) is 37.7 Å². The smallest absolute Gasteiger partial charge is 0.370 e. The Kier molecular flexibility index (Phi) is 5.95. The highest BCUT2D eigenvalue weighted by Crippen LogP contribution is 2.42. The maximum atomic E-state index is 13.3. The SMILES string of the molecule is Fc1ccc(SNc2cc(C(F)(F)F)ccc2N2CCC3CCCCC3C2)cc1. The topological polar surface area (TPSA) is 15.3 Å². The number of halogens is 4. The number of fused-ring (bicyclic) bond motifs is 1. The fourth-order valence-electron chi connectivity index (χ4n) is 4.51. The molecule has 2 aromatic carbocycles. The Balaban J connectivity index is 1.57. The number of hydrogen-bond acceptors (Lipinski definition) is 3. The number of hydrogen-bond donors (Lipinski definition) is 1. The first-order valence-electron chi connectivity index (χ1n) is 10.0. The predicted molar refractivity (Wildman–Crippen MR) is 110 cm³/mol. The molecule has 2 unspecified atom stereocenters. The van der Waals surface area contributed by atoms with Crippen LogP contribution in [0.15, 0.2) is 47.4 Å². The van der Waals surface area contributed by atoms with Gasteiger partial charge in [-0.1, -0.05) is 19.3 Å². The van der Waals surface area contributed by atoms with Crippen LogP contribution in [0, 0.1) is 17.7 Å². The van der Waals surface area contributed by atoms with Crippen LogP contribution in [0.25, 0.3) is 0 Å². The van der Waals surface area contributed by atoms with Crippen LogP contribution in [0.5, 0.6) is 0 Å². The monoisotopic (exact) mass is 424 g/mol. The zero-order chi connectivity index (χ0) is 20.4. The van der Waals surface area contributed by atoms with E-state index in [4.69, 9.17) is 0 Å². The second kappa shape index (κ2) is 8.46. The van der Waals surface area contributed by atoms with E-state index in [1.54, 1.807) is 18.2 Å². The third kappa shape index (κ3) is 4.82. The molecule has 2 nitrogen and oxygen atoms in total. The Morgan fingerprint density at radius 3 is 2.38 bits per heavy atom. The van der Waals surface area contributed by atoms with Crippen LogP contribution in [-0.4, -0.2) is 13.1 Å². The fourth-order valence-corrected chi connectivity index (χ4v) is 5.17. The van der Waals surface area contributed by atoms with Gasteiger partial charge in [0.2, 0.25) is 0 Å². The number of nitrogens with zero attached hydrogens (tertiary/aromatic N) is 1. The van der Waals surface area contributed by atoms with Crippen LogP contribution in [0.3, 0.4) is 0 Å². The van der Waals surface area contributed by atoms with Crippen molar-refractivity contribution >= 4 is 23.3 Å². The molecule has 1 aliphatic carbocycles. The van der Waals surface area contributed by atoms with Crippen LogP contribution in [0.4, 0.5) is 28.9 Å². The Bertz CT molecular complexity index is 838. The molecule has 2 aliphatic rings. The van der Waals surface area contributed by atoms with E-state index < -0.39 is 11.7 Å². The van der Waals surface area contributed by atoms with Crippen LogP contribution in [0.2, 0.25) is 0 Å². The summed E-state index contributed by atoms with van der Waals surface area (Å²) in [4.78, 5) is 2.96. The van der Waals surface area contributed by atoms with E-state index in [0.717, 1.165) is 42.1 Å². The highest BCUT2D eigenvalue weighted by atomic mass is 32.2. The summed E-state index contributed by atoms with van der Waals surface area (Å²) in [7, 11) is 0. The summed E-state index contributed by atoms with van der Waals surface area (Å²) in [5, 5.41) is 0. The molecular formula is C22H24F4N2S. The lowest BCUT2D eigenvalue weighted by molar-refractivity contribution is -0.137. The third-order valence-corrected chi connectivity index (χ3v) is 6.88. The Morgan fingerprint density at radius 1 is 0.931 bits per heavy atom. The number of rotatable bonds is 4. The van der Waals surface area contributed by atoms with E-state index >= 15 is 0 Å². The van der Waals surface area contributed by atoms with E-state index in [0.29, 0.717) is 11.6 Å². The van der Waals surface area contributed by atoms with Gasteiger partial charge < -0.3 is 9.62 Å². The summed E-state index contributed by atoms with van der Waals surface area (Å²) in [6.07, 6.45) is 1.71. The summed E-state index contributed by atoms with van der Waals surface area (Å²) in [5.41, 5.74) is 0.580. The standard InChI is InChI=1S/C22H24F4N2S/c23-18-6-8-19(9-7-18)29-27-20-13-17(22(24,25)26)5-10-21(20)28-12-11-15-3-1-2-4-16(15)14-28/h5-10,13,15-16,27H,1-4,11-12,14H2. The molecule has 156 valence electrons. The van der Waals surface area contributed by atoms with Crippen molar-refractivity contribution in [3.05, 3.63) is 53.8 Å². The molecule has 0 bridgehead atoms. The van der Waals surface area contributed by atoms with Gasteiger partial charge in [0.1, 0.15) is 5.82 Å². The summed E-state index contributed by atoms with van der Waals surface area (Å²) in [6, 6.07) is 9.81. The van der Waals surface area contributed by atoms with Crippen molar-refractivity contribution in [1.82, 2.24) is 0 Å². The number of benzene rings is 2. The largest absolute Gasteiger partial charge is 0.416 e. The summed E-state index contributed by atoms with van der Waals surface area (Å²) < 4.78 is 56.0. The van der Waals surface area contributed by atoms with Gasteiger partial charge in [-0.15, -0.1) is 0 Å². The Hall–Kier alpha value is -1.89. The average Bonchev–Trinajstić information content (AvgIpc) is 2.72. The highest BCUT2D eigenvalue weighted by Gasteiger charge is 2.34. The van der Waals surface area contributed by atoms with Gasteiger partial charge in [0.05, 0.1) is 16.9 Å². The van der Waals surface area contributed by atoms with Crippen molar-refractivity contribution in [2.45, 2.75) is 43.2 Å². The quantitative estimate of drug-likeness (QED) is 0.421. The van der Waals surface area contributed by atoms with Gasteiger partial charge in [0.15, 0.2) is 0 Å². The van der Waals surface area contributed by atoms with E-state index in [1.165, 1.54) is 55.8 Å². The summed E-state index contributed by atoms with van der Waals surface area (Å²) in [5.74, 6) is 1.03. The molecule has 1 heterocycles. The molecule has 2 aromatic rings. The highest BCUT2D eigenvalue weighted by molar-refractivity contribution is 8.00. The lowest BCUT2D eigenvalue weighted by Gasteiger charge is -2.43. The zero-order valence-electron chi connectivity index (χ0n) is 16.0. The van der Waals surface area contributed by atoms with Gasteiger partial charge in [0, 0.05) is 18.0 Å². The molecule has 29 heavy (non-hydrogen) atoms. The first-order valence-corrected chi connectivity index (χ1v) is 10.9. The van der Waals surface area contributed by atoms with Gasteiger partial charge in [-0.2, -0.15) is 13.2 Å². The number of alkyl halides is 3. The number of piperidine rings is 1. The molecule has 2 atom stereocenters. The maximum absolute atomic E-state index is 13.3. The zero-order valence-corrected chi connectivity index (χ0v) is 16.8.